The second-order valence-corrected chi connectivity index (χ2v) is 6.99. The van der Waals surface area contributed by atoms with Crippen LogP contribution in [0.25, 0.3) is 10.9 Å². The first kappa shape index (κ1) is 20.5. The number of nitrogens with zero attached hydrogens (tertiary/aromatic N) is 1. The van der Waals surface area contributed by atoms with Crippen LogP contribution in [0.2, 0.25) is 0 Å². The van der Waals surface area contributed by atoms with Gasteiger partial charge < -0.3 is 19.9 Å². The second-order valence-electron chi connectivity index (χ2n) is 6.99. The van der Waals surface area contributed by atoms with E-state index in [2.05, 4.69) is 10.3 Å². The molecule has 0 aliphatic rings. The van der Waals surface area contributed by atoms with E-state index in [1.54, 1.807) is 18.9 Å². The number of rotatable bonds is 9. The van der Waals surface area contributed by atoms with Crippen molar-refractivity contribution in [1.29, 1.82) is 0 Å². The fourth-order valence-corrected chi connectivity index (χ4v) is 3.36. The lowest BCUT2D eigenvalue weighted by Gasteiger charge is -2.21. The van der Waals surface area contributed by atoms with Crippen molar-refractivity contribution in [3.05, 3.63) is 65.9 Å². The Kier molecular flexibility index (Phi) is 6.89. The summed E-state index contributed by atoms with van der Waals surface area (Å²) in [7, 11) is 1.64. The maximum absolute atomic E-state index is 12.3. The molecule has 0 atom stereocenters. The van der Waals surface area contributed by atoms with Crippen LogP contribution >= 0.6 is 0 Å². The number of carbonyl (C=O) groups is 2. The number of nitrogens with one attached hydrogen (secondary N) is 2. The summed E-state index contributed by atoms with van der Waals surface area (Å²) in [5.74, 6) is 0.756. The predicted octanol–water partition coefficient (Wildman–Crippen LogP) is 2.93. The van der Waals surface area contributed by atoms with Gasteiger partial charge in [-0.3, -0.25) is 9.59 Å². The lowest BCUT2D eigenvalue weighted by molar-refractivity contribution is -0.129. The zero-order valence-corrected chi connectivity index (χ0v) is 16.9. The monoisotopic (exact) mass is 393 g/mol. The van der Waals surface area contributed by atoms with Crippen LogP contribution in [0.3, 0.4) is 0 Å². The second kappa shape index (κ2) is 9.78. The molecule has 3 rings (SSSR count). The quantitative estimate of drug-likeness (QED) is 0.587. The fourth-order valence-electron chi connectivity index (χ4n) is 3.36. The lowest BCUT2D eigenvalue weighted by Crippen LogP contribution is -2.39. The molecule has 29 heavy (non-hydrogen) atoms. The molecule has 2 aromatic carbocycles. The van der Waals surface area contributed by atoms with E-state index in [1.165, 1.54) is 0 Å². The zero-order chi connectivity index (χ0) is 20.6. The Bertz CT molecular complexity index is 980. The lowest BCUT2D eigenvalue weighted by atomic mass is 10.1. The number of para-hydroxylation sites is 1. The molecule has 0 aliphatic heterocycles. The van der Waals surface area contributed by atoms with Crippen LogP contribution in [-0.4, -0.2) is 48.4 Å². The molecule has 0 bridgehead atoms. The van der Waals surface area contributed by atoms with Crippen LogP contribution in [0.15, 0.2) is 54.7 Å². The molecule has 1 aromatic heterocycles. The Morgan fingerprint density at radius 2 is 1.93 bits per heavy atom. The van der Waals surface area contributed by atoms with E-state index in [-0.39, 0.29) is 11.8 Å². The summed E-state index contributed by atoms with van der Waals surface area (Å²) < 4.78 is 5.24. The fraction of sp³-hybridized carbons (Fsp3) is 0.304. The van der Waals surface area contributed by atoms with Gasteiger partial charge in [-0.1, -0.05) is 30.3 Å². The number of benzene rings is 2. The molecule has 152 valence electrons. The standard InChI is InChI=1S/C23H27N3O3/c1-17(27)26(12-10-18-6-5-7-20(14-18)29-2)13-11-24-23(28)15-19-16-25-22-9-4-3-8-21(19)22/h3-9,14,16,25H,10-13,15H2,1-2H3,(H,24,28). The highest BCUT2D eigenvalue weighted by Crippen LogP contribution is 2.18. The number of amides is 2. The maximum atomic E-state index is 12.3. The van der Waals surface area contributed by atoms with Crippen molar-refractivity contribution < 1.29 is 14.3 Å². The minimum Gasteiger partial charge on any atom is -0.497 e. The number of aromatic nitrogens is 1. The third-order valence-corrected chi connectivity index (χ3v) is 4.98. The van der Waals surface area contributed by atoms with Crippen molar-refractivity contribution in [3.63, 3.8) is 0 Å². The van der Waals surface area contributed by atoms with Gasteiger partial charge in [0.2, 0.25) is 11.8 Å². The number of aromatic amines is 1. The molecule has 0 fully saturated rings. The van der Waals surface area contributed by atoms with E-state index in [9.17, 15) is 9.59 Å². The molecule has 0 radical (unpaired) electrons. The van der Waals surface area contributed by atoms with E-state index in [1.807, 2.05) is 54.7 Å². The van der Waals surface area contributed by atoms with Gasteiger partial charge in [-0.15, -0.1) is 0 Å². The number of hydrogen-bond acceptors (Lipinski definition) is 3. The van der Waals surface area contributed by atoms with Crippen LogP contribution in [0, 0.1) is 0 Å². The molecule has 0 unspecified atom stereocenters. The van der Waals surface area contributed by atoms with Crippen molar-refractivity contribution in [2.24, 2.45) is 0 Å². The first-order valence-electron chi connectivity index (χ1n) is 9.77. The summed E-state index contributed by atoms with van der Waals surface area (Å²) in [5.41, 5.74) is 3.11. The summed E-state index contributed by atoms with van der Waals surface area (Å²) in [4.78, 5) is 29.2. The topological polar surface area (TPSA) is 74.4 Å². The molecule has 6 nitrogen and oxygen atoms in total. The number of methoxy groups -OCH3 is 1. The molecule has 0 saturated carbocycles. The zero-order valence-electron chi connectivity index (χ0n) is 16.9. The van der Waals surface area contributed by atoms with Crippen molar-refractivity contribution in [3.8, 4) is 5.75 Å². The molecule has 0 aliphatic carbocycles. The largest absolute Gasteiger partial charge is 0.497 e. The number of carbonyl (C=O) groups excluding carboxylic acids is 2. The Morgan fingerprint density at radius 1 is 1.10 bits per heavy atom. The minimum atomic E-state index is -0.0500. The van der Waals surface area contributed by atoms with Crippen molar-refractivity contribution in [2.75, 3.05) is 26.7 Å². The average molecular weight is 393 g/mol. The average Bonchev–Trinajstić information content (AvgIpc) is 3.13. The van der Waals surface area contributed by atoms with E-state index in [0.717, 1.165) is 34.2 Å². The van der Waals surface area contributed by atoms with Crippen LogP contribution in [-0.2, 0) is 22.4 Å². The van der Waals surface area contributed by atoms with Crippen LogP contribution < -0.4 is 10.1 Å². The molecule has 6 heteroatoms. The summed E-state index contributed by atoms with van der Waals surface area (Å²) in [5, 5.41) is 3.98. The van der Waals surface area contributed by atoms with Gasteiger partial charge >= 0.3 is 0 Å². The highest BCUT2D eigenvalue weighted by atomic mass is 16.5. The third kappa shape index (κ3) is 5.60. The van der Waals surface area contributed by atoms with E-state index in [4.69, 9.17) is 4.74 Å². The molecular weight excluding hydrogens is 366 g/mol. The smallest absolute Gasteiger partial charge is 0.224 e. The molecule has 0 saturated heterocycles. The number of fused-ring (bicyclic) bond motifs is 1. The Morgan fingerprint density at radius 3 is 2.72 bits per heavy atom. The maximum Gasteiger partial charge on any atom is 0.224 e. The van der Waals surface area contributed by atoms with Crippen LogP contribution in [0.5, 0.6) is 5.75 Å². The first-order chi connectivity index (χ1) is 14.1. The van der Waals surface area contributed by atoms with Crippen molar-refractivity contribution in [1.82, 2.24) is 15.2 Å². The van der Waals surface area contributed by atoms with Crippen molar-refractivity contribution >= 4 is 22.7 Å². The van der Waals surface area contributed by atoms with Crippen LogP contribution in [0.4, 0.5) is 0 Å². The minimum absolute atomic E-state index is 0.00114. The third-order valence-electron chi connectivity index (χ3n) is 4.98. The van der Waals surface area contributed by atoms with Gasteiger partial charge in [0.1, 0.15) is 5.75 Å². The van der Waals surface area contributed by atoms with E-state index >= 15 is 0 Å². The summed E-state index contributed by atoms with van der Waals surface area (Å²) in [6.07, 6.45) is 2.92. The molecule has 2 N–H and O–H groups in total. The Hall–Kier alpha value is -3.28. The SMILES string of the molecule is COc1cccc(CCN(CCNC(=O)Cc2c[nH]c3ccccc23)C(C)=O)c1. The highest BCUT2D eigenvalue weighted by molar-refractivity contribution is 5.88. The predicted molar refractivity (Wildman–Crippen MR) is 114 cm³/mol. The molecular formula is C23H27N3O3. The summed E-state index contributed by atoms with van der Waals surface area (Å²) >= 11 is 0. The molecule has 2 amide bonds. The van der Waals surface area contributed by atoms with E-state index in [0.29, 0.717) is 26.1 Å². The van der Waals surface area contributed by atoms with Gasteiger partial charge in [-0.2, -0.15) is 0 Å². The number of hydrogen-bond donors (Lipinski definition) is 2. The normalized spacial score (nSPS) is 10.7. The summed E-state index contributed by atoms with van der Waals surface area (Å²) in [6.45, 7) is 3.07. The summed E-state index contributed by atoms with van der Waals surface area (Å²) in [6, 6.07) is 15.8. The first-order valence-corrected chi connectivity index (χ1v) is 9.77. The number of H-pyrrole nitrogens is 1. The van der Waals surface area contributed by atoms with Crippen LogP contribution in [0.1, 0.15) is 18.1 Å². The van der Waals surface area contributed by atoms with Crippen molar-refractivity contribution in [2.45, 2.75) is 19.8 Å². The van der Waals surface area contributed by atoms with Gasteiger partial charge in [0.05, 0.1) is 13.5 Å². The Balaban J connectivity index is 1.47. The van der Waals surface area contributed by atoms with Gasteiger partial charge in [0.15, 0.2) is 0 Å². The number of ether oxygens (including phenoxy) is 1. The Labute approximate surface area is 170 Å². The van der Waals surface area contributed by atoms with Gasteiger partial charge in [0.25, 0.3) is 0 Å². The van der Waals surface area contributed by atoms with E-state index < -0.39 is 0 Å². The van der Waals surface area contributed by atoms with Gasteiger partial charge in [0, 0.05) is 43.7 Å². The van der Waals surface area contributed by atoms with Gasteiger partial charge in [-0.05, 0) is 35.7 Å². The molecule has 1 heterocycles. The van der Waals surface area contributed by atoms with Gasteiger partial charge in [-0.25, -0.2) is 0 Å². The highest BCUT2D eigenvalue weighted by Gasteiger charge is 2.11. The molecule has 0 spiro atoms. The molecule has 3 aromatic rings.